The van der Waals surface area contributed by atoms with E-state index in [1.807, 2.05) is 44.2 Å². The van der Waals surface area contributed by atoms with Crippen LogP contribution in [-0.2, 0) is 30.7 Å². The zero-order valence-electron chi connectivity index (χ0n) is 22.2. The minimum atomic E-state index is -3.94. The lowest BCUT2D eigenvalue weighted by atomic mass is 9.99. The van der Waals surface area contributed by atoms with Crippen LogP contribution in [0.15, 0.2) is 71.6 Å². The number of nitrogen functional groups attached to an aromatic ring is 1. The van der Waals surface area contributed by atoms with E-state index in [9.17, 15) is 18.3 Å². The molecule has 10 nitrogen and oxygen atoms in total. The summed E-state index contributed by atoms with van der Waals surface area (Å²) in [5, 5.41) is 14.1. The van der Waals surface area contributed by atoms with Gasteiger partial charge in [-0.15, -0.1) is 0 Å². The Morgan fingerprint density at radius 1 is 1.15 bits per heavy atom. The van der Waals surface area contributed by atoms with Crippen LogP contribution < -0.4 is 11.1 Å². The molecule has 1 amide bonds. The Kier molecular flexibility index (Phi) is 9.29. The molecule has 0 saturated carbocycles. The number of benzene rings is 2. The number of fused-ring (bicyclic) bond motifs is 1. The summed E-state index contributed by atoms with van der Waals surface area (Å²) in [6, 6.07) is 14.4. The van der Waals surface area contributed by atoms with Gasteiger partial charge in [-0.05, 0) is 47.7 Å². The fraction of sp³-hybridized carbons (Fsp3) is 0.464. The highest BCUT2D eigenvalue weighted by molar-refractivity contribution is 7.89. The second-order valence-corrected chi connectivity index (χ2v) is 12.4. The van der Waals surface area contributed by atoms with Crippen molar-refractivity contribution in [2.75, 3.05) is 32.0 Å². The van der Waals surface area contributed by atoms with Crippen molar-refractivity contribution in [1.29, 1.82) is 0 Å². The Labute approximate surface area is 229 Å². The zero-order chi connectivity index (χ0) is 28.2. The number of nitrogens with two attached hydrogens (primary N) is 1. The van der Waals surface area contributed by atoms with Crippen LogP contribution in [0, 0.1) is 11.8 Å². The average molecular weight is 560 g/mol. The maximum absolute atomic E-state index is 13.5. The Morgan fingerprint density at radius 3 is 2.51 bits per heavy atom. The third-order valence-electron chi connectivity index (χ3n) is 6.82. The topological polar surface area (TPSA) is 140 Å². The van der Waals surface area contributed by atoms with Crippen LogP contribution in [0.2, 0.25) is 0 Å². The molecule has 0 aromatic heterocycles. The predicted octanol–water partition coefficient (Wildman–Crippen LogP) is 2.54. The highest BCUT2D eigenvalue weighted by Crippen LogP contribution is 2.36. The molecule has 212 valence electrons. The summed E-state index contributed by atoms with van der Waals surface area (Å²) in [5.41, 5.74) is 7.85. The largest absolute Gasteiger partial charge is 0.443 e. The molecule has 0 radical (unpaired) electrons. The summed E-state index contributed by atoms with van der Waals surface area (Å²) in [7, 11) is -3.94. The van der Waals surface area contributed by atoms with Gasteiger partial charge in [-0.3, -0.25) is 0 Å². The number of hydrogen-bond donors (Lipinski definition) is 3. The summed E-state index contributed by atoms with van der Waals surface area (Å²) < 4.78 is 45.0. The molecule has 2 aromatic carbocycles. The van der Waals surface area contributed by atoms with Crippen LogP contribution >= 0.6 is 0 Å². The van der Waals surface area contributed by atoms with Crippen molar-refractivity contribution >= 4 is 21.8 Å². The summed E-state index contributed by atoms with van der Waals surface area (Å²) in [6.45, 7) is 8.24. The Hall–Kier alpha value is -2.96. The lowest BCUT2D eigenvalue weighted by Gasteiger charge is -2.31. The van der Waals surface area contributed by atoms with Crippen molar-refractivity contribution in [2.45, 2.75) is 49.7 Å². The molecule has 5 unspecified atom stereocenters. The standard InChI is InChI=1S/C28H37N3O7S/c1-18(2)14-31(39(34,35)22-11-9-21(29)10-12-22)15-24(32)23(13-20-7-5-4-6-8-20)30-28(33)38-25-17-37-27-26(25)19(3)16-36-27/h4-12,18,23-27,32H,3,13-17,29H2,1-2H3,(H,30,33). The number of hydrogen-bond acceptors (Lipinski definition) is 8. The number of sulfonamides is 1. The Bertz CT molecular complexity index is 1240. The van der Waals surface area contributed by atoms with E-state index in [1.165, 1.54) is 28.6 Å². The van der Waals surface area contributed by atoms with Gasteiger partial charge < -0.3 is 30.4 Å². The molecule has 0 spiro atoms. The van der Waals surface area contributed by atoms with Gasteiger partial charge in [0.25, 0.3) is 0 Å². The van der Waals surface area contributed by atoms with Crippen LogP contribution in [0.1, 0.15) is 19.4 Å². The molecule has 0 bridgehead atoms. The number of carbonyl (C=O) groups excluding carboxylic acids is 1. The van der Waals surface area contributed by atoms with Crippen LogP contribution in [-0.4, -0.2) is 74.8 Å². The molecule has 4 N–H and O–H groups in total. The van der Waals surface area contributed by atoms with Gasteiger partial charge in [0.15, 0.2) is 6.29 Å². The number of ether oxygens (including phenoxy) is 3. The van der Waals surface area contributed by atoms with E-state index >= 15 is 0 Å². The van der Waals surface area contributed by atoms with Gasteiger partial charge in [0, 0.05) is 18.8 Å². The quantitative estimate of drug-likeness (QED) is 0.282. The summed E-state index contributed by atoms with van der Waals surface area (Å²) >= 11 is 0. The van der Waals surface area contributed by atoms with Gasteiger partial charge in [0.2, 0.25) is 10.0 Å². The van der Waals surface area contributed by atoms with E-state index in [0.717, 1.165) is 11.1 Å². The van der Waals surface area contributed by atoms with Crippen LogP contribution in [0.25, 0.3) is 0 Å². The number of carbonyl (C=O) groups is 1. The first-order chi connectivity index (χ1) is 18.5. The lowest BCUT2D eigenvalue weighted by molar-refractivity contribution is -0.0906. The molecule has 4 rings (SSSR count). The van der Waals surface area contributed by atoms with Gasteiger partial charge in [-0.1, -0.05) is 50.8 Å². The Balaban J connectivity index is 1.51. The highest BCUT2D eigenvalue weighted by Gasteiger charge is 2.46. The van der Waals surface area contributed by atoms with Gasteiger partial charge in [0.1, 0.15) is 6.10 Å². The van der Waals surface area contributed by atoms with Crippen molar-refractivity contribution in [3.8, 4) is 0 Å². The van der Waals surface area contributed by atoms with Crippen molar-refractivity contribution in [3.05, 3.63) is 72.3 Å². The fourth-order valence-electron chi connectivity index (χ4n) is 4.85. The van der Waals surface area contributed by atoms with Crippen molar-refractivity contribution < 1.29 is 32.5 Å². The maximum Gasteiger partial charge on any atom is 0.407 e. The second kappa shape index (κ2) is 12.5. The number of alkyl carbamates (subject to hydrolysis) is 1. The summed E-state index contributed by atoms with van der Waals surface area (Å²) in [4.78, 5) is 13.1. The molecule has 11 heteroatoms. The van der Waals surface area contributed by atoms with E-state index in [1.54, 1.807) is 0 Å². The van der Waals surface area contributed by atoms with Crippen molar-refractivity contribution in [1.82, 2.24) is 9.62 Å². The van der Waals surface area contributed by atoms with Crippen LogP contribution in [0.5, 0.6) is 0 Å². The predicted molar refractivity (Wildman–Crippen MR) is 146 cm³/mol. The van der Waals surface area contributed by atoms with E-state index in [0.29, 0.717) is 12.3 Å². The molecular formula is C28H37N3O7S. The average Bonchev–Trinajstić information content (AvgIpc) is 3.46. The molecule has 2 saturated heterocycles. The van der Waals surface area contributed by atoms with Crippen molar-refractivity contribution in [2.24, 2.45) is 11.8 Å². The third kappa shape index (κ3) is 7.17. The SMILES string of the molecule is C=C1COC2OCC(OC(=O)NC(Cc3ccccc3)C(O)CN(CC(C)C)S(=O)(=O)c3ccc(N)cc3)C12. The number of aliphatic hydroxyl groups is 1. The molecule has 2 heterocycles. The number of nitrogens with zero attached hydrogens (tertiary/aromatic N) is 1. The normalized spacial score (nSPS) is 22.6. The molecule has 5 atom stereocenters. The van der Waals surface area contributed by atoms with E-state index in [-0.39, 0.29) is 42.8 Å². The number of anilines is 1. The smallest absolute Gasteiger partial charge is 0.407 e. The molecular weight excluding hydrogens is 522 g/mol. The number of rotatable bonds is 11. The first-order valence-electron chi connectivity index (χ1n) is 13.0. The van der Waals surface area contributed by atoms with Gasteiger partial charge in [-0.2, -0.15) is 4.31 Å². The second-order valence-electron chi connectivity index (χ2n) is 10.4. The number of amides is 1. The monoisotopic (exact) mass is 559 g/mol. The van der Waals surface area contributed by atoms with E-state index < -0.39 is 40.7 Å². The van der Waals surface area contributed by atoms with E-state index in [2.05, 4.69) is 11.9 Å². The first-order valence-corrected chi connectivity index (χ1v) is 14.4. The van der Waals surface area contributed by atoms with Crippen molar-refractivity contribution in [3.63, 3.8) is 0 Å². The fourth-order valence-corrected chi connectivity index (χ4v) is 6.47. The molecule has 2 aromatic rings. The minimum absolute atomic E-state index is 0.0108. The summed E-state index contributed by atoms with van der Waals surface area (Å²) in [6.07, 6.45) is -2.76. The molecule has 0 aliphatic carbocycles. The molecule has 2 aliphatic heterocycles. The molecule has 2 aliphatic rings. The number of nitrogens with one attached hydrogen (secondary N) is 1. The van der Waals surface area contributed by atoms with Gasteiger partial charge in [0.05, 0.1) is 36.2 Å². The summed E-state index contributed by atoms with van der Waals surface area (Å²) in [5.74, 6) is -0.261. The molecule has 2 fully saturated rings. The first kappa shape index (κ1) is 29.0. The van der Waals surface area contributed by atoms with Crippen LogP contribution in [0.4, 0.5) is 10.5 Å². The van der Waals surface area contributed by atoms with E-state index in [4.69, 9.17) is 19.9 Å². The maximum atomic E-state index is 13.5. The third-order valence-corrected chi connectivity index (χ3v) is 8.67. The van der Waals surface area contributed by atoms with Gasteiger partial charge in [-0.25, -0.2) is 13.2 Å². The highest BCUT2D eigenvalue weighted by atomic mass is 32.2. The Morgan fingerprint density at radius 2 is 1.85 bits per heavy atom. The van der Waals surface area contributed by atoms with Gasteiger partial charge >= 0.3 is 6.09 Å². The molecule has 39 heavy (non-hydrogen) atoms. The lowest BCUT2D eigenvalue weighted by Crippen LogP contribution is -2.51. The number of aliphatic hydroxyl groups excluding tert-OH is 1. The van der Waals surface area contributed by atoms with Crippen LogP contribution in [0.3, 0.4) is 0 Å². The zero-order valence-corrected chi connectivity index (χ0v) is 23.0. The minimum Gasteiger partial charge on any atom is -0.443 e.